The molecule has 4 rings (SSSR count). The van der Waals surface area contributed by atoms with E-state index in [-0.39, 0.29) is 16.9 Å². The molecule has 0 amide bonds. The summed E-state index contributed by atoms with van der Waals surface area (Å²) in [5.74, 6) is 12.8. The van der Waals surface area contributed by atoms with Crippen molar-refractivity contribution in [3.05, 3.63) is 137 Å². The Morgan fingerprint density at radius 2 is 1.06 bits per heavy atom. The second kappa shape index (κ2) is 17.6. The van der Waals surface area contributed by atoms with Gasteiger partial charge in [0.25, 0.3) is 0 Å². The normalized spacial score (nSPS) is 11.8. The van der Waals surface area contributed by atoms with E-state index in [4.69, 9.17) is 5.26 Å². The van der Waals surface area contributed by atoms with Crippen LogP contribution in [0.15, 0.2) is 108 Å². The van der Waals surface area contributed by atoms with E-state index in [1.54, 1.807) is 30.3 Å². The summed E-state index contributed by atoms with van der Waals surface area (Å²) in [5.41, 5.74) is 1.74. The van der Waals surface area contributed by atoms with Crippen LogP contribution in [0.3, 0.4) is 0 Å². The molecule has 0 saturated carbocycles. The molecule has 49 heavy (non-hydrogen) atoms. The Labute approximate surface area is 291 Å². The van der Waals surface area contributed by atoms with Crippen molar-refractivity contribution < 1.29 is 21.6 Å². The van der Waals surface area contributed by atoms with Gasteiger partial charge in [0.15, 0.2) is 9.84 Å². The van der Waals surface area contributed by atoms with Crippen molar-refractivity contribution in [1.29, 1.82) is 5.26 Å². The lowest BCUT2D eigenvalue weighted by atomic mass is 9.80. The molecule has 1 atom stereocenters. The third kappa shape index (κ3) is 10.9. The Balaban J connectivity index is 0.00000201. The third-order valence-corrected chi connectivity index (χ3v) is 9.72. The fraction of sp³-hybridized carbons (Fsp3) is 0.310. The number of hydrogen-bond acceptors (Lipinski definition) is 3. The molecule has 0 N–H and O–H groups in total. The lowest BCUT2D eigenvalue weighted by Gasteiger charge is -2.22. The lowest BCUT2D eigenvalue weighted by Crippen LogP contribution is -2.19. The molecule has 0 aliphatic heterocycles. The van der Waals surface area contributed by atoms with Gasteiger partial charge in [-0.15, -0.1) is 0 Å². The van der Waals surface area contributed by atoms with Gasteiger partial charge in [0.05, 0.1) is 32.9 Å². The first-order valence-corrected chi connectivity index (χ1v) is 17.8. The van der Waals surface area contributed by atoms with Crippen LogP contribution in [0.1, 0.15) is 100 Å². The number of hydrogen-bond donors (Lipinski definition) is 0. The molecule has 256 valence electrons. The summed E-state index contributed by atoms with van der Waals surface area (Å²) >= 11 is 0. The molecule has 7 heteroatoms. The van der Waals surface area contributed by atoms with Crippen molar-refractivity contribution in [2.45, 2.75) is 89.0 Å². The van der Waals surface area contributed by atoms with Crippen molar-refractivity contribution in [2.75, 3.05) is 0 Å². The zero-order chi connectivity index (χ0) is 36.9. The van der Waals surface area contributed by atoms with Crippen LogP contribution in [-0.4, -0.2) is 8.42 Å². The van der Waals surface area contributed by atoms with Crippen molar-refractivity contribution in [3.8, 4) is 29.8 Å². The molecule has 0 aliphatic rings. The molecule has 1 unspecified atom stereocenters. The van der Waals surface area contributed by atoms with Gasteiger partial charge in [-0.2, -0.15) is 18.4 Å². The van der Waals surface area contributed by atoms with E-state index in [2.05, 4.69) is 29.8 Å². The van der Waals surface area contributed by atoms with Gasteiger partial charge in [-0.3, -0.25) is 0 Å². The maximum atomic E-state index is 13.5. The van der Waals surface area contributed by atoms with Gasteiger partial charge in [0.2, 0.25) is 0 Å². The van der Waals surface area contributed by atoms with Gasteiger partial charge < -0.3 is 0 Å². The topological polar surface area (TPSA) is 57.9 Å². The third-order valence-electron chi connectivity index (χ3n) is 7.61. The van der Waals surface area contributed by atoms with E-state index in [1.165, 1.54) is 24.3 Å². The number of rotatable bonds is 6. The fourth-order valence-corrected chi connectivity index (χ4v) is 6.39. The van der Waals surface area contributed by atoms with Crippen molar-refractivity contribution >= 4 is 9.84 Å². The Kier molecular flexibility index (Phi) is 14.5. The highest BCUT2D eigenvalue weighted by Crippen LogP contribution is 2.35. The van der Waals surface area contributed by atoms with Crippen LogP contribution >= 0.6 is 0 Å². The maximum Gasteiger partial charge on any atom is 0.416 e. The van der Waals surface area contributed by atoms with Crippen LogP contribution in [0.4, 0.5) is 13.2 Å². The molecular weight excluding hydrogens is 640 g/mol. The number of nitriles is 1. The zero-order valence-electron chi connectivity index (χ0n) is 29.4. The van der Waals surface area contributed by atoms with Gasteiger partial charge in [0, 0.05) is 12.0 Å². The zero-order valence-corrected chi connectivity index (χ0v) is 30.2. The van der Waals surface area contributed by atoms with E-state index < -0.39 is 37.7 Å². The first-order valence-electron chi connectivity index (χ1n) is 16.2. The minimum absolute atomic E-state index is 0.0757. The second-order valence-corrected chi connectivity index (χ2v) is 13.9. The van der Waals surface area contributed by atoms with Crippen molar-refractivity contribution in [3.63, 3.8) is 0 Å². The largest absolute Gasteiger partial charge is 0.416 e. The summed E-state index contributed by atoms with van der Waals surface area (Å²) in [4.78, 5) is 0.0757. The SMILES string of the molecule is CC.CC.CC(C)(C#CC(C)(C)c1ccc(C#CCC(c2ccc(C(F)(F)F)cc2)S(=O)(=O)c2ccccc2)cc1)c1ccc(C#N)cc1. The van der Waals surface area contributed by atoms with Crippen molar-refractivity contribution in [1.82, 2.24) is 0 Å². The molecule has 0 fully saturated rings. The first kappa shape index (κ1) is 40.4. The number of sulfone groups is 1. The summed E-state index contributed by atoms with van der Waals surface area (Å²) in [6.45, 7) is 16.1. The van der Waals surface area contributed by atoms with Gasteiger partial charge in [-0.1, -0.05) is 106 Å². The number of alkyl halides is 3. The molecule has 4 aromatic rings. The Morgan fingerprint density at radius 1 is 0.633 bits per heavy atom. The molecular formula is C42H44F3NO2S. The minimum Gasteiger partial charge on any atom is -0.223 e. The molecule has 0 aliphatic carbocycles. The standard InChI is InChI=1S/C38H32F3NO2S.2C2H6/c1-36(2,25-26-37(3,4)32-21-15-29(27-42)16-22-32)31-19-13-28(14-20-31)9-8-12-35(45(43,44)34-10-6-5-7-11-34)30-17-23-33(24-18-30)38(39,40)41;2*1-2/h5-7,10-11,13-24,35H,12H2,1-4H3;2*1-2H3. The number of nitrogens with zero attached hydrogens (tertiary/aromatic N) is 1. The minimum atomic E-state index is -4.53. The van der Waals surface area contributed by atoms with E-state index in [9.17, 15) is 21.6 Å². The molecule has 0 heterocycles. The van der Waals surface area contributed by atoms with Crippen LogP contribution in [0.2, 0.25) is 0 Å². The van der Waals surface area contributed by atoms with Crippen LogP contribution in [0, 0.1) is 35.0 Å². The van der Waals surface area contributed by atoms with E-state index in [0.717, 1.165) is 23.3 Å². The monoisotopic (exact) mass is 683 g/mol. The quantitative estimate of drug-likeness (QED) is 0.190. The Bertz CT molecular complexity index is 1910. The Morgan fingerprint density at radius 3 is 1.49 bits per heavy atom. The van der Waals surface area contributed by atoms with Crippen LogP contribution in [0.25, 0.3) is 0 Å². The summed E-state index contributed by atoms with van der Waals surface area (Å²) in [7, 11) is -3.94. The van der Waals surface area contributed by atoms with Crippen LogP contribution in [-0.2, 0) is 26.8 Å². The number of halogens is 3. The molecule has 3 nitrogen and oxygen atoms in total. The summed E-state index contributed by atoms with van der Waals surface area (Å²) in [6, 6.07) is 29.1. The smallest absolute Gasteiger partial charge is 0.223 e. The number of benzene rings is 4. The lowest BCUT2D eigenvalue weighted by molar-refractivity contribution is -0.137. The van der Waals surface area contributed by atoms with Crippen molar-refractivity contribution in [2.24, 2.45) is 0 Å². The van der Waals surface area contributed by atoms with Crippen LogP contribution < -0.4 is 0 Å². The van der Waals surface area contributed by atoms with E-state index in [0.29, 0.717) is 11.1 Å². The highest BCUT2D eigenvalue weighted by Gasteiger charge is 2.32. The van der Waals surface area contributed by atoms with E-state index in [1.807, 2.05) is 91.8 Å². The predicted molar refractivity (Wildman–Crippen MR) is 193 cm³/mol. The average Bonchev–Trinajstić information content (AvgIpc) is 3.11. The Hall–Kier alpha value is -4.77. The maximum absolute atomic E-state index is 13.5. The summed E-state index contributed by atoms with van der Waals surface area (Å²) in [5, 5.41) is 7.92. The molecule has 0 radical (unpaired) electrons. The molecule has 0 spiro atoms. The fourth-order valence-electron chi connectivity index (χ4n) is 4.70. The van der Waals surface area contributed by atoms with E-state index >= 15 is 0 Å². The van der Waals surface area contributed by atoms with Crippen LogP contribution in [0.5, 0.6) is 0 Å². The second-order valence-electron chi connectivity index (χ2n) is 11.7. The molecule has 0 aromatic heterocycles. The summed E-state index contributed by atoms with van der Waals surface area (Å²) < 4.78 is 66.5. The highest BCUT2D eigenvalue weighted by molar-refractivity contribution is 7.91. The predicted octanol–water partition coefficient (Wildman–Crippen LogP) is 10.8. The van der Waals surface area contributed by atoms with Gasteiger partial charge in [0.1, 0.15) is 5.25 Å². The van der Waals surface area contributed by atoms with Gasteiger partial charge in [-0.25, -0.2) is 8.42 Å². The molecule has 4 aromatic carbocycles. The molecule has 0 bridgehead atoms. The average molecular weight is 684 g/mol. The molecule has 0 saturated heterocycles. The summed E-state index contributed by atoms with van der Waals surface area (Å²) in [6.07, 6.45) is -4.63. The first-order chi connectivity index (χ1) is 23.1. The van der Waals surface area contributed by atoms with Gasteiger partial charge >= 0.3 is 6.18 Å². The van der Waals surface area contributed by atoms with Gasteiger partial charge in [-0.05, 0) is 92.9 Å². The highest BCUT2D eigenvalue weighted by atomic mass is 32.2.